The average Bonchev–Trinajstić information content (AvgIpc) is 3.02. The number of urea groups is 1. The van der Waals surface area contributed by atoms with Crippen LogP contribution < -0.4 is 5.32 Å². The first-order valence-electron chi connectivity index (χ1n) is 6.95. The molecule has 0 spiro atoms. The zero-order chi connectivity index (χ0) is 16.4. The van der Waals surface area contributed by atoms with Gasteiger partial charge in [-0.25, -0.2) is 9.18 Å². The summed E-state index contributed by atoms with van der Waals surface area (Å²) in [4.78, 5) is 14.1. The van der Waals surface area contributed by atoms with Crippen molar-refractivity contribution in [2.45, 2.75) is 5.37 Å². The van der Waals surface area contributed by atoms with Gasteiger partial charge < -0.3 is 10.2 Å². The summed E-state index contributed by atoms with van der Waals surface area (Å²) in [6.07, 6.45) is 0. The number of hydrogen-bond acceptors (Lipinski definition) is 2. The first-order chi connectivity index (χ1) is 11.1. The van der Waals surface area contributed by atoms with Crippen LogP contribution in [-0.4, -0.2) is 23.2 Å². The van der Waals surface area contributed by atoms with Crippen LogP contribution in [0, 0.1) is 5.82 Å². The van der Waals surface area contributed by atoms with Crippen molar-refractivity contribution >= 4 is 46.7 Å². The lowest BCUT2D eigenvalue weighted by atomic mass is 10.2. The van der Waals surface area contributed by atoms with Gasteiger partial charge in [-0.1, -0.05) is 47.5 Å². The molecule has 2 aromatic carbocycles. The van der Waals surface area contributed by atoms with Crippen molar-refractivity contribution in [2.75, 3.05) is 17.6 Å². The van der Waals surface area contributed by atoms with E-state index in [0.29, 0.717) is 16.6 Å². The molecule has 3 rings (SSSR count). The predicted molar refractivity (Wildman–Crippen MR) is 93.8 cm³/mol. The van der Waals surface area contributed by atoms with E-state index in [1.807, 2.05) is 6.07 Å². The van der Waals surface area contributed by atoms with Crippen LogP contribution >= 0.6 is 35.0 Å². The van der Waals surface area contributed by atoms with Crippen molar-refractivity contribution in [2.24, 2.45) is 0 Å². The molecular weight excluding hydrogens is 358 g/mol. The number of halogens is 3. The lowest BCUT2D eigenvalue weighted by Gasteiger charge is -2.25. The number of rotatable bonds is 2. The van der Waals surface area contributed by atoms with Gasteiger partial charge in [-0.3, -0.25) is 0 Å². The minimum absolute atomic E-state index is 0.158. The maximum atomic E-state index is 13.7. The van der Waals surface area contributed by atoms with Crippen molar-refractivity contribution in [3.8, 4) is 0 Å². The van der Waals surface area contributed by atoms with Crippen LogP contribution in [0.1, 0.15) is 10.9 Å². The minimum atomic E-state index is -0.468. The molecule has 0 radical (unpaired) electrons. The first-order valence-corrected chi connectivity index (χ1v) is 8.76. The Bertz CT molecular complexity index is 744. The number of para-hydroxylation sites is 1. The molecule has 2 aromatic rings. The molecule has 0 saturated carbocycles. The van der Waals surface area contributed by atoms with E-state index in [0.717, 1.165) is 11.3 Å². The molecule has 0 unspecified atom stereocenters. The van der Waals surface area contributed by atoms with Gasteiger partial charge in [-0.2, -0.15) is 0 Å². The van der Waals surface area contributed by atoms with Crippen molar-refractivity contribution in [3.05, 3.63) is 63.9 Å². The zero-order valence-corrected chi connectivity index (χ0v) is 14.3. The van der Waals surface area contributed by atoms with Gasteiger partial charge >= 0.3 is 6.03 Å². The number of amides is 2. The van der Waals surface area contributed by atoms with Gasteiger partial charge in [0.2, 0.25) is 0 Å². The number of benzene rings is 2. The standard InChI is InChI=1S/C16H13Cl2FN2OS/c17-11-5-3-4-10(14(11)18)15-21(8-9-23-15)16(22)20-13-7-2-1-6-12(13)19/h1-7,15H,8-9H2,(H,20,22)/t15-/m0/s1. The molecule has 0 aliphatic carbocycles. The van der Waals surface area contributed by atoms with Crippen LogP contribution in [0.4, 0.5) is 14.9 Å². The van der Waals surface area contributed by atoms with Gasteiger partial charge in [0.1, 0.15) is 11.2 Å². The van der Waals surface area contributed by atoms with Gasteiger partial charge in [-0.15, -0.1) is 11.8 Å². The Labute approximate surface area is 147 Å². The van der Waals surface area contributed by atoms with Crippen LogP contribution in [0.25, 0.3) is 0 Å². The van der Waals surface area contributed by atoms with E-state index < -0.39 is 5.82 Å². The summed E-state index contributed by atoms with van der Waals surface area (Å²) in [6.45, 7) is 0.554. The Kier molecular flexibility index (Phi) is 4.99. The normalized spacial score (nSPS) is 17.3. The Morgan fingerprint density at radius 3 is 2.78 bits per heavy atom. The van der Waals surface area contributed by atoms with E-state index in [4.69, 9.17) is 23.2 Å². The van der Waals surface area contributed by atoms with Crippen LogP contribution in [0.5, 0.6) is 0 Å². The third kappa shape index (κ3) is 3.42. The van der Waals surface area contributed by atoms with Crippen molar-refractivity contribution in [3.63, 3.8) is 0 Å². The van der Waals surface area contributed by atoms with E-state index in [1.165, 1.54) is 12.1 Å². The lowest BCUT2D eigenvalue weighted by molar-refractivity contribution is 0.214. The number of anilines is 1. The van der Waals surface area contributed by atoms with Crippen LogP contribution in [0.3, 0.4) is 0 Å². The summed E-state index contributed by atoms with van der Waals surface area (Å²) in [7, 11) is 0. The third-order valence-electron chi connectivity index (χ3n) is 3.51. The Balaban J connectivity index is 1.83. The molecule has 1 heterocycles. The maximum absolute atomic E-state index is 13.7. The Hall–Kier alpha value is -1.43. The van der Waals surface area contributed by atoms with E-state index in [-0.39, 0.29) is 17.1 Å². The Morgan fingerprint density at radius 2 is 2.00 bits per heavy atom. The zero-order valence-electron chi connectivity index (χ0n) is 11.9. The van der Waals surface area contributed by atoms with E-state index in [9.17, 15) is 9.18 Å². The molecule has 1 N–H and O–H groups in total. The summed E-state index contributed by atoms with van der Waals surface area (Å²) >= 11 is 13.9. The first kappa shape index (κ1) is 16.4. The van der Waals surface area contributed by atoms with E-state index in [2.05, 4.69) is 5.32 Å². The highest BCUT2D eigenvalue weighted by molar-refractivity contribution is 7.99. The second kappa shape index (κ2) is 6.99. The number of thioether (sulfide) groups is 1. The topological polar surface area (TPSA) is 32.3 Å². The van der Waals surface area contributed by atoms with Crippen LogP contribution in [0.15, 0.2) is 42.5 Å². The molecule has 1 atom stereocenters. The molecule has 1 saturated heterocycles. The second-order valence-electron chi connectivity index (χ2n) is 4.97. The summed E-state index contributed by atoms with van der Waals surface area (Å²) in [5, 5.41) is 3.26. The van der Waals surface area contributed by atoms with Crippen LogP contribution in [0.2, 0.25) is 10.0 Å². The summed E-state index contributed by atoms with van der Waals surface area (Å²) < 4.78 is 13.7. The van der Waals surface area contributed by atoms with Gasteiger partial charge in [0.05, 0.1) is 15.7 Å². The molecule has 7 heteroatoms. The fraction of sp³-hybridized carbons (Fsp3) is 0.188. The number of nitrogens with one attached hydrogen (secondary N) is 1. The maximum Gasteiger partial charge on any atom is 0.323 e. The van der Waals surface area contributed by atoms with E-state index >= 15 is 0 Å². The van der Waals surface area contributed by atoms with E-state index in [1.54, 1.807) is 40.9 Å². The van der Waals surface area contributed by atoms with Crippen LogP contribution in [-0.2, 0) is 0 Å². The third-order valence-corrected chi connectivity index (χ3v) is 5.59. The predicted octanol–water partition coefficient (Wildman–Crippen LogP) is 5.41. The average molecular weight is 371 g/mol. The molecule has 2 amide bonds. The van der Waals surface area contributed by atoms with Crippen molar-refractivity contribution in [1.82, 2.24) is 4.90 Å². The molecule has 0 aromatic heterocycles. The number of hydrogen-bond donors (Lipinski definition) is 1. The highest BCUT2D eigenvalue weighted by Crippen LogP contribution is 2.42. The molecule has 0 bridgehead atoms. The van der Waals surface area contributed by atoms with Gasteiger partial charge in [0.25, 0.3) is 0 Å². The molecule has 1 aliphatic heterocycles. The molecule has 1 fully saturated rings. The lowest BCUT2D eigenvalue weighted by Crippen LogP contribution is -2.34. The van der Waals surface area contributed by atoms with Gasteiger partial charge in [-0.05, 0) is 18.2 Å². The fourth-order valence-corrected chi connectivity index (χ4v) is 4.15. The van der Waals surface area contributed by atoms with Crippen molar-refractivity contribution < 1.29 is 9.18 Å². The smallest absolute Gasteiger partial charge is 0.308 e. The molecular formula is C16H13Cl2FN2OS. The number of nitrogens with zero attached hydrogens (tertiary/aromatic N) is 1. The molecule has 23 heavy (non-hydrogen) atoms. The van der Waals surface area contributed by atoms with Crippen molar-refractivity contribution in [1.29, 1.82) is 0 Å². The molecule has 3 nitrogen and oxygen atoms in total. The second-order valence-corrected chi connectivity index (χ2v) is 6.94. The minimum Gasteiger partial charge on any atom is -0.308 e. The van der Waals surface area contributed by atoms with Gasteiger partial charge in [0, 0.05) is 17.9 Å². The quantitative estimate of drug-likeness (QED) is 0.765. The molecule has 1 aliphatic rings. The highest BCUT2D eigenvalue weighted by Gasteiger charge is 2.32. The Morgan fingerprint density at radius 1 is 1.22 bits per heavy atom. The SMILES string of the molecule is O=C(Nc1ccccc1F)N1CCS[C@H]1c1cccc(Cl)c1Cl. The summed E-state index contributed by atoms with van der Waals surface area (Å²) in [5.41, 5.74) is 0.940. The van der Waals surface area contributed by atoms with Gasteiger partial charge in [0.15, 0.2) is 0 Å². The number of carbonyl (C=O) groups is 1. The highest BCUT2D eigenvalue weighted by atomic mass is 35.5. The summed E-state index contributed by atoms with van der Waals surface area (Å²) in [6, 6.07) is 11.1. The fourth-order valence-electron chi connectivity index (χ4n) is 2.40. The summed E-state index contributed by atoms with van der Waals surface area (Å²) in [5.74, 6) is 0.308. The largest absolute Gasteiger partial charge is 0.323 e. The number of carbonyl (C=O) groups excluding carboxylic acids is 1. The monoisotopic (exact) mass is 370 g/mol. The molecule has 120 valence electrons.